The molecule has 0 saturated carbocycles. The molecule has 1 unspecified atom stereocenters. The molecule has 0 spiro atoms. The molecule has 0 N–H and O–H groups in total. The molecule has 0 bridgehead atoms. The van der Waals surface area contributed by atoms with E-state index in [0.29, 0.717) is 0 Å². The molecule has 0 aliphatic rings. The summed E-state index contributed by atoms with van der Waals surface area (Å²) in [6, 6.07) is 6.66. The molecule has 1 aromatic heterocycles. The Morgan fingerprint density at radius 2 is 1.56 bits per heavy atom. The van der Waals surface area contributed by atoms with Crippen molar-refractivity contribution in [2.75, 3.05) is 0 Å². The van der Waals surface area contributed by atoms with E-state index in [4.69, 9.17) is 0 Å². The van der Waals surface area contributed by atoms with Gasteiger partial charge in [-0.25, -0.2) is 0 Å². The first-order chi connectivity index (χ1) is 8.40. The van der Waals surface area contributed by atoms with Gasteiger partial charge in [0.2, 0.25) is 0 Å². The molecule has 0 saturated heterocycles. The zero-order chi connectivity index (χ0) is 13.4. The Kier molecular flexibility index (Phi) is 4.74. The number of alkyl halides is 1. The van der Waals surface area contributed by atoms with Crippen LogP contribution >= 0.6 is 59.1 Å². The molecule has 1 heterocycles. The molecular weight excluding hydrogens is 440 g/mol. The number of hydrogen-bond acceptors (Lipinski definition) is 1. The molecule has 0 nitrogen and oxygen atoms in total. The molecule has 1 atom stereocenters. The fourth-order valence-corrected chi connectivity index (χ4v) is 6.72. The minimum atomic E-state index is 0.232. The Labute approximate surface area is 137 Å². The molecule has 0 aliphatic heterocycles. The van der Waals surface area contributed by atoms with Crippen molar-refractivity contribution in [3.63, 3.8) is 0 Å². The lowest BCUT2D eigenvalue weighted by molar-refractivity contribution is 1.10. The van der Waals surface area contributed by atoms with Crippen LogP contribution in [0, 0.1) is 20.8 Å². The third-order valence-electron chi connectivity index (χ3n) is 2.95. The highest BCUT2D eigenvalue weighted by Gasteiger charge is 2.19. The summed E-state index contributed by atoms with van der Waals surface area (Å²) >= 11 is 12.7. The van der Waals surface area contributed by atoms with Crippen molar-refractivity contribution < 1.29 is 0 Å². The molecule has 4 heteroatoms. The van der Waals surface area contributed by atoms with Crippen LogP contribution in [0.25, 0.3) is 0 Å². The summed E-state index contributed by atoms with van der Waals surface area (Å²) < 4.78 is 2.33. The van der Waals surface area contributed by atoms with Crippen molar-refractivity contribution in [1.29, 1.82) is 0 Å². The topological polar surface area (TPSA) is 0 Å². The quantitative estimate of drug-likeness (QED) is 0.445. The van der Waals surface area contributed by atoms with Gasteiger partial charge in [0.1, 0.15) is 0 Å². The average molecular weight is 453 g/mol. The lowest BCUT2D eigenvalue weighted by Crippen LogP contribution is -1.99. The second-order valence-corrected chi connectivity index (χ2v) is 9.12. The second kappa shape index (κ2) is 5.78. The minimum absolute atomic E-state index is 0.232. The van der Waals surface area contributed by atoms with Gasteiger partial charge in [0, 0.05) is 0 Å². The van der Waals surface area contributed by atoms with Crippen LogP contribution in [0.15, 0.2) is 25.8 Å². The summed E-state index contributed by atoms with van der Waals surface area (Å²) in [6.07, 6.45) is 0. The van der Waals surface area contributed by atoms with Crippen LogP contribution < -0.4 is 0 Å². The Bertz CT molecular complexity index is 564. The van der Waals surface area contributed by atoms with Crippen LogP contribution in [0.3, 0.4) is 0 Å². The third kappa shape index (κ3) is 2.92. The SMILES string of the molecule is Cc1cc(C)c(C(Br)c2cc(Br)sc2Br)c(C)c1. The smallest absolute Gasteiger partial charge is 0.0757 e. The number of benzene rings is 1. The molecule has 18 heavy (non-hydrogen) atoms. The first-order valence-electron chi connectivity index (χ1n) is 5.56. The Balaban J connectivity index is 2.52. The van der Waals surface area contributed by atoms with E-state index in [1.54, 1.807) is 11.3 Å². The zero-order valence-electron chi connectivity index (χ0n) is 10.4. The van der Waals surface area contributed by atoms with Crippen molar-refractivity contribution in [3.05, 3.63) is 53.6 Å². The van der Waals surface area contributed by atoms with Gasteiger partial charge < -0.3 is 0 Å². The van der Waals surface area contributed by atoms with Crippen molar-refractivity contribution in [2.24, 2.45) is 0 Å². The molecule has 0 aliphatic carbocycles. The fourth-order valence-electron chi connectivity index (χ4n) is 2.27. The first kappa shape index (κ1) is 14.8. The normalized spacial score (nSPS) is 12.8. The summed E-state index contributed by atoms with van der Waals surface area (Å²) in [5, 5.41) is 0. The van der Waals surface area contributed by atoms with Crippen molar-refractivity contribution in [3.8, 4) is 0 Å². The number of halogens is 3. The standard InChI is InChI=1S/C14H13Br3S/c1-7-4-8(2)12(9(3)5-7)13(16)10-6-11(15)18-14(10)17/h4-6,13H,1-3H3. The predicted octanol–water partition coefficient (Wildman–Crippen LogP) is 6.68. The Morgan fingerprint density at radius 3 is 2.00 bits per heavy atom. The molecule has 1 aromatic carbocycles. The number of thiophene rings is 1. The summed E-state index contributed by atoms with van der Waals surface area (Å²) in [4.78, 5) is 0.232. The van der Waals surface area contributed by atoms with E-state index >= 15 is 0 Å². The highest BCUT2D eigenvalue weighted by molar-refractivity contribution is 9.12. The Hall–Kier alpha value is 0.360. The maximum absolute atomic E-state index is 3.84. The predicted molar refractivity (Wildman–Crippen MR) is 91.1 cm³/mol. The van der Waals surface area contributed by atoms with E-state index < -0.39 is 0 Å². The van der Waals surface area contributed by atoms with Gasteiger partial charge in [0.05, 0.1) is 12.4 Å². The van der Waals surface area contributed by atoms with E-state index in [0.717, 1.165) is 3.79 Å². The fraction of sp³-hybridized carbons (Fsp3) is 0.286. The van der Waals surface area contributed by atoms with E-state index in [2.05, 4.69) is 86.8 Å². The molecule has 0 radical (unpaired) electrons. The zero-order valence-corrected chi connectivity index (χ0v) is 15.9. The Morgan fingerprint density at radius 1 is 1.00 bits per heavy atom. The molecular formula is C14H13Br3S. The van der Waals surface area contributed by atoms with Gasteiger partial charge in [0.15, 0.2) is 0 Å². The first-order valence-corrected chi connectivity index (χ1v) is 8.88. The molecule has 2 rings (SSSR count). The average Bonchev–Trinajstić information content (AvgIpc) is 2.56. The second-order valence-electron chi connectivity index (χ2n) is 4.45. The maximum atomic E-state index is 3.84. The molecule has 0 amide bonds. The van der Waals surface area contributed by atoms with E-state index in [1.165, 1.54) is 31.6 Å². The monoisotopic (exact) mass is 450 g/mol. The third-order valence-corrected chi connectivity index (χ3v) is 6.28. The lowest BCUT2D eigenvalue weighted by Gasteiger charge is -2.17. The van der Waals surface area contributed by atoms with E-state index in [-0.39, 0.29) is 4.83 Å². The van der Waals surface area contributed by atoms with Crippen LogP contribution in [0.2, 0.25) is 0 Å². The van der Waals surface area contributed by atoms with E-state index in [1.807, 2.05) is 0 Å². The van der Waals surface area contributed by atoms with Crippen LogP contribution in [0.4, 0.5) is 0 Å². The van der Waals surface area contributed by atoms with Crippen LogP contribution in [-0.4, -0.2) is 0 Å². The van der Waals surface area contributed by atoms with Gasteiger partial charge in [0.25, 0.3) is 0 Å². The van der Waals surface area contributed by atoms with Crippen molar-refractivity contribution in [2.45, 2.75) is 25.6 Å². The minimum Gasteiger partial charge on any atom is -0.121 e. The van der Waals surface area contributed by atoms with Crippen LogP contribution in [0.5, 0.6) is 0 Å². The molecule has 2 aromatic rings. The van der Waals surface area contributed by atoms with Gasteiger partial charge in [-0.3, -0.25) is 0 Å². The lowest BCUT2D eigenvalue weighted by atomic mass is 9.95. The highest BCUT2D eigenvalue weighted by atomic mass is 79.9. The summed E-state index contributed by atoms with van der Waals surface area (Å²) in [6.45, 7) is 6.50. The van der Waals surface area contributed by atoms with Gasteiger partial charge in [-0.15, -0.1) is 11.3 Å². The maximum Gasteiger partial charge on any atom is 0.0757 e. The van der Waals surface area contributed by atoms with Gasteiger partial charge >= 0.3 is 0 Å². The summed E-state index contributed by atoms with van der Waals surface area (Å²) in [7, 11) is 0. The van der Waals surface area contributed by atoms with Crippen molar-refractivity contribution in [1.82, 2.24) is 0 Å². The molecule has 0 fully saturated rings. The number of aryl methyl sites for hydroxylation is 3. The van der Waals surface area contributed by atoms with Crippen LogP contribution in [0.1, 0.15) is 32.6 Å². The van der Waals surface area contributed by atoms with Gasteiger partial charge in [-0.1, -0.05) is 33.6 Å². The number of rotatable bonds is 2. The highest BCUT2D eigenvalue weighted by Crippen LogP contribution is 2.43. The van der Waals surface area contributed by atoms with Gasteiger partial charge in [-0.05, 0) is 81.0 Å². The number of hydrogen-bond donors (Lipinski definition) is 0. The summed E-state index contributed by atoms with van der Waals surface area (Å²) in [5.74, 6) is 0. The van der Waals surface area contributed by atoms with Crippen molar-refractivity contribution >= 4 is 59.1 Å². The largest absolute Gasteiger partial charge is 0.121 e. The molecule has 96 valence electrons. The van der Waals surface area contributed by atoms with Gasteiger partial charge in [-0.2, -0.15) is 0 Å². The van der Waals surface area contributed by atoms with E-state index in [9.17, 15) is 0 Å². The van der Waals surface area contributed by atoms with Crippen LogP contribution in [-0.2, 0) is 0 Å². The summed E-state index contributed by atoms with van der Waals surface area (Å²) in [5.41, 5.74) is 6.64.